The third-order valence-corrected chi connectivity index (χ3v) is 4.99. The second-order valence-electron chi connectivity index (χ2n) is 7.11. The Balaban J connectivity index is 1.73. The Morgan fingerprint density at radius 2 is 1.37 bits per heavy atom. The molecule has 140 valence electrons. The highest BCUT2D eigenvalue weighted by Crippen LogP contribution is 2.20. The van der Waals surface area contributed by atoms with Crippen molar-refractivity contribution in [2.24, 2.45) is 0 Å². The van der Waals surface area contributed by atoms with Crippen LogP contribution in [0, 0.1) is 0 Å². The van der Waals surface area contributed by atoms with Crippen LogP contribution in [0.3, 0.4) is 0 Å². The number of fused-ring (bicyclic) bond motifs is 1. The molecule has 27 heavy (non-hydrogen) atoms. The number of carbonyl (C=O) groups is 3. The number of rotatable bonds is 3. The number of hydrogen-bond donors (Lipinski definition) is 0. The molecule has 0 aliphatic carbocycles. The van der Waals surface area contributed by atoms with Crippen molar-refractivity contribution in [3.8, 4) is 0 Å². The summed E-state index contributed by atoms with van der Waals surface area (Å²) < 4.78 is 0. The molecule has 0 N–H and O–H groups in total. The number of nitrogens with zero attached hydrogens (tertiary/aromatic N) is 2. The molecule has 0 atom stereocenters. The van der Waals surface area contributed by atoms with Crippen LogP contribution in [0.25, 0.3) is 0 Å². The van der Waals surface area contributed by atoms with E-state index in [1.165, 1.54) is 10.5 Å². The molecule has 0 bridgehead atoms. The van der Waals surface area contributed by atoms with Crippen LogP contribution >= 0.6 is 0 Å². The van der Waals surface area contributed by atoms with E-state index in [0.717, 1.165) is 24.0 Å². The average molecular weight is 364 g/mol. The third-order valence-electron chi connectivity index (χ3n) is 4.99. The van der Waals surface area contributed by atoms with Crippen LogP contribution < -0.4 is 0 Å². The predicted molar refractivity (Wildman–Crippen MR) is 104 cm³/mol. The Labute approximate surface area is 159 Å². The molecule has 5 nitrogen and oxygen atoms in total. The van der Waals surface area contributed by atoms with Crippen molar-refractivity contribution in [1.82, 2.24) is 9.80 Å². The first kappa shape index (κ1) is 18.8. The quantitative estimate of drug-likeness (QED) is 0.787. The SMILES string of the molecule is CC(=O)c1ccc2c(c1)CCN(C(=O)c1ccc(C(=O)N(C)C)cc1)CC2. The smallest absolute Gasteiger partial charge is 0.253 e. The zero-order valence-electron chi connectivity index (χ0n) is 16.0. The number of ketones is 1. The molecule has 0 saturated heterocycles. The van der Waals surface area contributed by atoms with Gasteiger partial charge in [0.05, 0.1) is 0 Å². The average Bonchev–Trinajstić information content (AvgIpc) is 2.88. The highest BCUT2D eigenvalue weighted by molar-refractivity contribution is 5.98. The minimum Gasteiger partial charge on any atom is -0.345 e. The maximum absolute atomic E-state index is 12.9. The number of amides is 2. The standard InChI is InChI=1S/C22H24N2O3/c1-15(25)19-9-4-16-10-12-24(13-11-20(16)14-19)22(27)18-7-5-17(6-8-18)21(26)23(2)3/h4-9,14H,10-13H2,1-3H3. The van der Waals surface area contributed by atoms with Gasteiger partial charge >= 0.3 is 0 Å². The van der Waals surface area contributed by atoms with Gasteiger partial charge in [-0.15, -0.1) is 0 Å². The first-order valence-corrected chi connectivity index (χ1v) is 9.10. The third kappa shape index (κ3) is 4.08. The van der Waals surface area contributed by atoms with Gasteiger partial charge in [-0.25, -0.2) is 0 Å². The lowest BCUT2D eigenvalue weighted by atomic mass is 9.99. The summed E-state index contributed by atoms with van der Waals surface area (Å²) in [5, 5.41) is 0. The minimum absolute atomic E-state index is 0.0292. The molecule has 2 aromatic carbocycles. The van der Waals surface area contributed by atoms with E-state index in [4.69, 9.17) is 0 Å². The van der Waals surface area contributed by atoms with Gasteiger partial charge in [-0.3, -0.25) is 14.4 Å². The topological polar surface area (TPSA) is 57.7 Å². The Hall–Kier alpha value is -2.95. The molecule has 0 fully saturated rings. The summed E-state index contributed by atoms with van der Waals surface area (Å²) in [5.74, 6) is -0.0544. The van der Waals surface area contributed by atoms with Crippen LogP contribution in [0.2, 0.25) is 0 Å². The van der Waals surface area contributed by atoms with E-state index in [2.05, 4.69) is 0 Å². The normalized spacial score (nSPS) is 13.5. The Morgan fingerprint density at radius 3 is 1.96 bits per heavy atom. The van der Waals surface area contributed by atoms with Crippen LogP contribution in [0.1, 0.15) is 49.1 Å². The fourth-order valence-corrected chi connectivity index (χ4v) is 3.34. The van der Waals surface area contributed by atoms with Gasteiger partial charge in [0, 0.05) is 43.9 Å². The molecule has 3 rings (SSSR count). The van der Waals surface area contributed by atoms with Crippen molar-refractivity contribution in [3.05, 3.63) is 70.3 Å². The van der Waals surface area contributed by atoms with E-state index in [0.29, 0.717) is 24.2 Å². The van der Waals surface area contributed by atoms with E-state index in [-0.39, 0.29) is 17.6 Å². The molecule has 2 amide bonds. The minimum atomic E-state index is -0.0829. The first-order valence-electron chi connectivity index (χ1n) is 9.10. The van der Waals surface area contributed by atoms with Crippen LogP contribution in [0.15, 0.2) is 42.5 Å². The van der Waals surface area contributed by atoms with E-state index in [1.54, 1.807) is 45.3 Å². The van der Waals surface area contributed by atoms with Crippen molar-refractivity contribution in [3.63, 3.8) is 0 Å². The first-order chi connectivity index (χ1) is 12.9. The van der Waals surface area contributed by atoms with Gasteiger partial charge in [0.1, 0.15) is 0 Å². The fourth-order valence-electron chi connectivity index (χ4n) is 3.34. The highest BCUT2D eigenvalue weighted by Gasteiger charge is 2.20. The highest BCUT2D eigenvalue weighted by atomic mass is 16.2. The predicted octanol–water partition coefficient (Wildman–Crippen LogP) is 2.83. The second kappa shape index (κ2) is 7.74. The summed E-state index contributed by atoms with van der Waals surface area (Å²) in [6.45, 7) is 2.83. The maximum Gasteiger partial charge on any atom is 0.253 e. The second-order valence-corrected chi connectivity index (χ2v) is 7.11. The van der Waals surface area contributed by atoms with Gasteiger partial charge in [-0.1, -0.05) is 12.1 Å². The molecule has 0 unspecified atom stereocenters. The molecule has 5 heteroatoms. The summed E-state index contributed by atoms with van der Waals surface area (Å²) in [7, 11) is 3.40. The largest absolute Gasteiger partial charge is 0.345 e. The zero-order valence-corrected chi connectivity index (χ0v) is 16.0. The van der Waals surface area contributed by atoms with E-state index < -0.39 is 0 Å². The Kier molecular flexibility index (Phi) is 5.40. The number of hydrogen-bond acceptors (Lipinski definition) is 3. The fraction of sp³-hybridized carbons (Fsp3) is 0.318. The van der Waals surface area contributed by atoms with Crippen LogP contribution in [-0.4, -0.2) is 54.6 Å². The molecule has 0 aromatic heterocycles. The van der Waals surface area contributed by atoms with Crippen molar-refractivity contribution in [2.45, 2.75) is 19.8 Å². The summed E-state index contributed by atoms with van der Waals surface area (Å²) >= 11 is 0. The van der Waals surface area contributed by atoms with Crippen molar-refractivity contribution < 1.29 is 14.4 Å². The van der Waals surface area contributed by atoms with E-state index in [9.17, 15) is 14.4 Å². The summed E-state index contributed by atoms with van der Waals surface area (Å²) in [4.78, 5) is 39.8. The summed E-state index contributed by atoms with van der Waals surface area (Å²) in [5.41, 5.74) is 4.21. The molecule has 0 saturated carbocycles. The van der Waals surface area contributed by atoms with Gasteiger partial charge < -0.3 is 9.80 Å². The van der Waals surface area contributed by atoms with Crippen LogP contribution in [-0.2, 0) is 12.8 Å². The van der Waals surface area contributed by atoms with Crippen LogP contribution in [0.4, 0.5) is 0 Å². The molecule has 1 aliphatic rings. The molecule has 0 spiro atoms. The van der Waals surface area contributed by atoms with Crippen molar-refractivity contribution >= 4 is 17.6 Å². The van der Waals surface area contributed by atoms with Gasteiger partial charge in [-0.2, -0.15) is 0 Å². The van der Waals surface area contributed by atoms with E-state index in [1.807, 2.05) is 23.1 Å². The molecular weight excluding hydrogens is 340 g/mol. The Morgan fingerprint density at radius 1 is 0.815 bits per heavy atom. The number of benzene rings is 2. The Bertz CT molecular complexity index is 885. The van der Waals surface area contributed by atoms with E-state index >= 15 is 0 Å². The van der Waals surface area contributed by atoms with Gasteiger partial charge in [0.2, 0.25) is 0 Å². The molecule has 1 aliphatic heterocycles. The number of Topliss-reactive ketones (excluding diaryl/α,β-unsaturated/α-hetero) is 1. The number of carbonyl (C=O) groups excluding carboxylic acids is 3. The molecule has 0 radical (unpaired) electrons. The monoisotopic (exact) mass is 364 g/mol. The lowest BCUT2D eigenvalue weighted by Crippen LogP contribution is -2.33. The van der Waals surface area contributed by atoms with Gasteiger partial charge in [0.25, 0.3) is 11.8 Å². The lowest BCUT2D eigenvalue weighted by molar-refractivity contribution is 0.0761. The van der Waals surface area contributed by atoms with Gasteiger partial charge in [0.15, 0.2) is 5.78 Å². The van der Waals surface area contributed by atoms with Crippen LogP contribution in [0.5, 0.6) is 0 Å². The zero-order chi connectivity index (χ0) is 19.6. The van der Waals surface area contributed by atoms with Gasteiger partial charge in [-0.05, 0) is 61.2 Å². The molecule has 1 heterocycles. The molecule has 2 aromatic rings. The summed E-state index contributed by atoms with van der Waals surface area (Å²) in [6, 6.07) is 12.6. The molecular formula is C22H24N2O3. The lowest BCUT2D eigenvalue weighted by Gasteiger charge is -2.20. The van der Waals surface area contributed by atoms with Crippen molar-refractivity contribution in [1.29, 1.82) is 0 Å². The summed E-state index contributed by atoms with van der Waals surface area (Å²) in [6.07, 6.45) is 1.51. The van der Waals surface area contributed by atoms with Crippen molar-refractivity contribution in [2.75, 3.05) is 27.2 Å². The maximum atomic E-state index is 12.9.